The molecule has 8 rings (SSSR count). The van der Waals surface area contributed by atoms with Crippen LogP contribution < -0.4 is 42.5 Å². The van der Waals surface area contributed by atoms with E-state index in [1.165, 1.54) is 12.7 Å². The van der Waals surface area contributed by atoms with Crippen molar-refractivity contribution in [1.82, 2.24) is 60.3 Å². The Morgan fingerprint density at radius 2 is 1.05 bits per heavy atom. The van der Waals surface area contributed by atoms with Crippen LogP contribution in [0, 0.1) is 0 Å². The Bertz CT molecular complexity index is 2050. The summed E-state index contributed by atoms with van der Waals surface area (Å²) in [6.45, 7) is 0.270. The standard InChI is InChI=1S/C33H46N16O9/c34-27-21-29(48(11-36-21)17-5-15(23(54)25(17)56)40-19(52)9-50)44-31(42-27)46-3-1-13(7-46)38-33(58)39-14-2-4-47(8-14)32-43-28(35)22-30(45-32)49(12-37-22)18-6-16(24(55)26(18)57)41-20(53)10-51/h11-18,23-26,50-51,54-57H,1-10H2,(H,40,52)(H,41,53)(H2,34,42,44)(H2,35,43,45)(H2,38,39,58)/t13-,14?,15+,16?,17+,18?,23?,24?,25+,26?/m0/s1. The van der Waals surface area contributed by atoms with Gasteiger partial charge in [0.05, 0.1) is 36.8 Å². The molecule has 2 saturated carbocycles. The number of nitrogens with zero attached hydrogens (tertiary/aromatic N) is 10. The van der Waals surface area contributed by atoms with E-state index in [9.17, 15) is 34.8 Å². The molecule has 4 aliphatic rings. The van der Waals surface area contributed by atoms with E-state index >= 15 is 0 Å². The van der Waals surface area contributed by atoms with Crippen LogP contribution in [0.4, 0.5) is 28.3 Å². The van der Waals surface area contributed by atoms with E-state index in [-0.39, 0.29) is 42.6 Å². The van der Waals surface area contributed by atoms with Crippen LogP contribution in [-0.2, 0) is 9.59 Å². The average molecular weight is 811 g/mol. The molecule has 4 amide bonds. The van der Waals surface area contributed by atoms with Crippen LogP contribution >= 0.6 is 0 Å². The number of aromatic nitrogens is 8. The Labute approximate surface area is 328 Å². The van der Waals surface area contributed by atoms with Gasteiger partial charge in [-0.15, -0.1) is 0 Å². The molecule has 2 aliphatic heterocycles. The molecule has 312 valence electrons. The van der Waals surface area contributed by atoms with Gasteiger partial charge < -0.3 is 82.3 Å². The molecule has 0 radical (unpaired) electrons. The van der Waals surface area contributed by atoms with Crippen LogP contribution in [0.15, 0.2) is 12.7 Å². The minimum Gasteiger partial charge on any atom is -0.388 e. The van der Waals surface area contributed by atoms with Crippen LogP contribution in [0.1, 0.15) is 37.8 Å². The van der Waals surface area contributed by atoms with Gasteiger partial charge in [-0.3, -0.25) is 9.59 Å². The third kappa shape index (κ3) is 7.19. The first-order valence-electron chi connectivity index (χ1n) is 18.9. The number of carbonyl (C=O) groups is 3. The van der Waals surface area contributed by atoms with Gasteiger partial charge in [-0.25, -0.2) is 14.8 Å². The van der Waals surface area contributed by atoms with Crippen molar-refractivity contribution in [3.63, 3.8) is 0 Å². The highest BCUT2D eigenvalue weighted by molar-refractivity contribution is 5.84. The third-order valence-electron chi connectivity index (χ3n) is 11.5. The number of nitrogens with two attached hydrogens (primary N) is 2. The molecule has 0 bridgehead atoms. The number of hydrogen-bond acceptors (Lipinski definition) is 19. The number of anilines is 4. The zero-order valence-electron chi connectivity index (χ0n) is 31.0. The molecule has 25 nitrogen and oxygen atoms in total. The maximum atomic E-state index is 13.2. The molecular weight excluding hydrogens is 764 g/mol. The van der Waals surface area contributed by atoms with Gasteiger partial charge in [0, 0.05) is 38.3 Å². The van der Waals surface area contributed by atoms with Crippen molar-refractivity contribution in [2.45, 2.75) is 86.4 Å². The van der Waals surface area contributed by atoms with Crippen molar-refractivity contribution >= 4 is 63.7 Å². The van der Waals surface area contributed by atoms with Crippen LogP contribution in [0.25, 0.3) is 22.3 Å². The zero-order valence-corrected chi connectivity index (χ0v) is 31.0. The van der Waals surface area contributed by atoms with Crippen molar-refractivity contribution in [3.8, 4) is 0 Å². The highest BCUT2D eigenvalue weighted by Gasteiger charge is 2.45. The maximum absolute atomic E-state index is 13.2. The van der Waals surface area contributed by atoms with E-state index < -0.39 is 73.6 Å². The topological polar surface area (TPSA) is 366 Å². The Morgan fingerprint density at radius 1 is 0.638 bits per heavy atom. The Kier molecular flexibility index (Phi) is 10.5. The summed E-state index contributed by atoms with van der Waals surface area (Å²) in [6, 6.07) is -3.87. The number of rotatable bonds is 10. The number of carbonyl (C=O) groups excluding carboxylic acids is 3. The second-order valence-corrected chi connectivity index (χ2v) is 15.2. The lowest BCUT2D eigenvalue weighted by Gasteiger charge is -2.21. The second kappa shape index (κ2) is 15.6. The first kappa shape index (κ1) is 39.1. The monoisotopic (exact) mass is 810 g/mol. The van der Waals surface area contributed by atoms with Crippen LogP contribution in [0.2, 0.25) is 0 Å². The summed E-state index contributed by atoms with van der Waals surface area (Å²) in [7, 11) is 0. The minimum atomic E-state index is -1.28. The number of nitrogen functional groups attached to an aromatic ring is 2. The van der Waals surface area contributed by atoms with Crippen molar-refractivity contribution < 1.29 is 45.0 Å². The van der Waals surface area contributed by atoms with Gasteiger partial charge in [0.15, 0.2) is 22.9 Å². The number of imidazole rings is 2. The maximum Gasteiger partial charge on any atom is 0.315 e. The predicted octanol–water partition coefficient (Wildman–Crippen LogP) is -5.43. The van der Waals surface area contributed by atoms with Gasteiger partial charge in [0.25, 0.3) is 0 Å². The molecule has 4 aromatic heterocycles. The van der Waals surface area contributed by atoms with Gasteiger partial charge in [-0.2, -0.15) is 19.9 Å². The molecule has 0 aromatic carbocycles. The molecular formula is C33H46N16O9. The Balaban J connectivity index is 0.883. The zero-order chi connectivity index (χ0) is 41.0. The molecule has 25 heteroatoms. The molecule has 6 heterocycles. The number of aliphatic hydroxyl groups excluding tert-OH is 6. The fraction of sp³-hybridized carbons (Fsp3) is 0.606. The summed E-state index contributed by atoms with van der Waals surface area (Å²) < 4.78 is 3.19. The number of fused-ring (bicyclic) bond motifs is 2. The molecule has 2 aliphatic carbocycles. The van der Waals surface area contributed by atoms with Gasteiger partial charge in [0.2, 0.25) is 23.7 Å². The molecule has 4 fully saturated rings. The van der Waals surface area contributed by atoms with Gasteiger partial charge >= 0.3 is 6.03 Å². The van der Waals surface area contributed by atoms with Gasteiger partial charge in [-0.1, -0.05) is 0 Å². The highest BCUT2D eigenvalue weighted by Crippen LogP contribution is 2.36. The van der Waals surface area contributed by atoms with E-state index in [0.717, 1.165) is 0 Å². The van der Waals surface area contributed by atoms with E-state index in [2.05, 4.69) is 41.2 Å². The Hall–Kier alpha value is -5.73. The van der Waals surface area contributed by atoms with E-state index in [0.29, 0.717) is 73.2 Å². The van der Waals surface area contributed by atoms with Crippen molar-refractivity contribution in [1.29, 1.82) is 0 Å². The molecule has 10 atom stereocenters. The molecule has 2 saturated heterocycles. The fourth-order valence-corrected chi connectivity index (χ4v) is 8.51. The predicted molar refractivity (Wildman–Crippen MR) is 202 cm³/mol. The SMILES string of the molecule is Nc1nc(N2CCC(NC(=O)N[C@H]3CCN(c4nc(N)c5ncn([C@@H]6C[C@@H](NC(=O)CO)C(O)[C@@H]6O)c5n4)C3)C2)nc2c1ncn2C1CC(NC(=O)CO)C(O)C1O. The molecule has 0 spiro atoms. The lowest BCUT2D eigenvalue weighted by atomic mass is 10.2. The quantitative estimate of drug-likeness (QED) is 0.0711. The number of hydrogen-bond donors (Lipinski definition) is 12. The van der Waals surface area contributed by atoms with E-state index in [1.54, 1.807) is 9.13 Å². The number of amides is 4. The van der Waals surface area contributed by atoms with Crippen LogP contribution in [0.3, 0.4) is 0 Å². The summed E-state index contributed by atoms with van der Waals surface area (Å²) in [4.78, 5) is 67.4. The van der Waals surface area contributed by atoms with Crippen LogP contribution in [0.5, 0.6) is 0 Å². The first-order valence-corrected chi connectivity index (χ1v) is 18.9. The second-order valence-electron chi connectivity index (χ2n) is 15.2. The minimum absolute atomic E-state index is 0.110. The third-order valence-corrected chi connectivity index (χ3v) is 11.5. The summed E-state index contributed by atoms with van der Waals surface area (Å²) in [5, 5.41) is 72.1. The summed E-state index contributed by atoms with van der Waals surface area (Å²) in [5.41, 5.74) is 13.8. The van der Waals surface area contributed by atoms with E-state index in [1.807, 2.05) is 9.80 Å². The summed E-state index contributed by atoms with van der Waals surface area (Å²) in [6.07, 6.45) is -0.719. The van der Waals surface area contributed by atoms with Crippen LogP contribution in [-0.4, -0.2) is 175 Å². The first-order chi connectivity index (χ1) is 27.8. The highest BCUT2D eigenvalue weighted by atomic mass is 16.3. The largest absolute Gasteiger partial charge is 0.388 e. The normalized spacial score (nSPS) is 29.8. The smallest absolute Gasteiger partial charge is 0.315 e. The molecule has 14 N–H and O–H groups in total. The Morgan fingerprint density at radius 3 is 1.45 bits per heavy atom. The number of aliphatic hydroxyl groups is 6. The number of nitrogens with one attached hydrogen (secondary N) is 4. The van der Waals surface area contributed by atoms with E-state index in [4.69, 9.17) is 31.6 Å². The number of urea groups is 1. The van der Waals surface area contributed by atoms with Gasteiger partial charge in [0.1, 0.15) is 48.7 Å². The summed E-state index contributed by atoms with van der Waals surface area (Å²) >= 11 is 0. The molecule has 6 unspecified atom stereocenters. The van der Waals surface area contributed by atoms with Gasteiger partial charge in [-0.05, 0) is 25.7 Å². The molecule has 58 heavy (non-hydrogen) atoms. The lowest BCUT2D eigenvalue weighted by molar-refractivity contribution is -0.126. The molecule has 4 aromatic rings. The summed E-state index contributed by atoms with van der Waals surface area (Å²) in [5.74, 6) is -0.535. The van der Waals surface area contributed by atoms with Crippen molar-refractivity contribution in [2.24, 2.45) is 0 Å². The average Bonchev–Trinajstić information content (AvgIpc) is 4.07. The van der Waals surface area contributed by atoms with Crippen molar-refractivity contribution in [3.05, 3.63) is 12.7 Å². The van der Waals surface area contributed by atoms with Crippen molar-refractivity contribution in [2.75, 3.05) is 60.7 Å². The fourth-order valence-electron chi connectivity index (χ4n) is 8.51. The lowest BCUT2D eigenvalue weighted by Crippen LogP contribution is -2.48.